The Kier molecular flexibility index (Phi) is 4.35. The SMILES string of the molecule is CCOC(=O)C1=NN(C(C)=O)[C@@]2(CC(=O)N(c3ccc(C)cc3)C2=O)C1. The van der Waals surface area contributed by atoms with E-state index in [0.29, 0.717) is 5.69 Å². The number of ether oxygens (including phenoxy) is 1. The zero-order valence-corrected chi connectivity index (χ0v) is 14.8. The normalized spacial score (nSPS) is 22.2. The van der Waals surface area contributed by atoms with Crippen molar-refractivity contribution in [2.24, 2.45) is 5.10 Å². The lowest BCUT2D eigenvalue weighted by atomic mass is 9.91. The summed E-state index contributed by atoms with van der Waals surface area (Å²) in [4.78, 5) is 50.9. The third kappa shape index (κ3) is 2.67. The van der Waals surface area contributed by atoms with Crippen LogP contribution < -0.4 is 4.90 Å². The van der Waals surface area contributed by atoms with E-state index in [2.05, 4.69) is 5.10 Å². The third-order valence-electron chi connectivity index (χ3n) is 4.48. The zero-order valence-electron chi connectivity index (χ0n) is 14.8. The van der Waals surface area contributed by atoms with Crippen LogP contribution in [-0.2, 0) is 23.9 Å². The molecule has 1 atom stereocenters. The van der Waals surface area contributed by atoms with Gasteiger partial charge in [0.2, 0.25) is 11.8 Å². The number of carbonyl (C=O) groups excluding carboxylic acids is 4. The van der Waals surface area contributed by atoms with Gasteiger partial charge in [0, 0.05) is 13.3 Å². The van der Waals surface area contributed by atoms with Crippen LogP contribution in [0.1, 0.15) is 32.3 Å². The van der Waals surface area contributed by atoms with Gasteiger partial charge in [-0.1, -0.05) is 17.7 Å². The smallest absolute Gasteiger partial charge is 0.354 e. The standard InChI is InChI=1S/C18H19N3O5/c1-4-26-16(24)14-9-18(21(19-14)12(3)22)10-15(23)20(17(18)25)13-7-5-11(2)6-8-13/h5-8H,4,9-10H2,1-3H3/t18-/m1/s1. The fourth-order valence-electron chi connectivity index (χ4n) is 3.29. The van der Waals surface area contributed by atoms with Gasteiger partial charge in [-0.2, -0.15) is 5.10 Å². The predicted molar refractivity (Wildman–Crippen MR) is 92.2 cm³/mol. The average Bonchev–Trinajstić information content (AvgIpc) is 3.08. The van der Waals surface area contributed by atoms with Crippen LogP contribution in [-0.4, -0.2) is 46.6 Å². The average molecular weight is 357 g/mol. The molecule has 8 heteroatoms. The maximum atomic E-state index is 13.2. The first kappa shape index (κ1) is 17.8. The van der Waals surface area contributed by atoms with Gasteiger partial charge in [0.15, 0.2) is 5.54 Å². The fraction of sp³-hybridized carbons (Fsp3) is 0.389. The number of hydrazone groups is 1. The number of imide groups is 1. The topological polar surface area (TPSA) is 96.3 Å². The molecule has 1 aromatic rings. The molecule has 1 fully saturated rings. The third-order valence-corrected chi connectivity index (χ3v) is 4.48. The Morgan fingerprint density at radius 3 is 2.42 bits per heavy atom. The number of nitrogens with zero attached hydrogens (tertiary/aromatic N) is 3. The van der Waals surface area contributed by atoms with Crippen LogP contribution in [0.3, 0.4) is 0 Å². The molecule has 0 aromatic heterocycles. The second-order valence-corrected chi connectivity index (χ2v) is 6.35. The van der Waals surface area contributed by atoms with Crippen LogP contribution in [0.4, 0.5) is 5.69 Å². The summed E-state index contributed by atoms with van der Waals surface area (Å²) in [6.07, 6.45) is -0.371. The summed E-state index contributed by atoms with van der Waals surface area (Å²) in [6.45, 7) is 4.93. The number of benzene rings is 1. The predicted octanol–water partition coefficient (Wildman–Crippen LogP) is 1.17. The molecule has 26 heavy (non-hydrogen) atoms. The van der Waals surface area contributed by atoms with Crippen LogP contribution in [0.15, 0.2) is 29.4 Å². The van der Waals surface area contributed by atoms with Crippen LogP contribution in [0.25, 0.3) is 0 Å². The molecular formula is C18H19N3O5. The first-order chi connectivity index (χ1) is 12.3. The van der Waals surface area contributed by atoms with E-state index in [0.717, 1.165) is 15.5 Å². The number of amides is 3. The Bertz CT molecular complexity index is 830. The molecule has 0 bridgehead atoms. The van der Waals surface area contributed by atoms with Gasteiger partial charge in [-0.25, -0.2) is 14.7 Å². The van der Waals surface area contributed by atoms with E-state index < -0.39 is 29.2 Å². The molecule has 2 heterocycles. The number of hydrogen-bond acceptors (Lipinski definition) is 6. The number of anilines is 1. The molecule has 0 unspecified atom stereocenters. The molecule has 0 radical (unpaired) electrons. The van der Waals surface area contributed by atoms with Crippen molar-refractivity contribution in [3.05, 3.63) is 29.8 Å². The summed E-state index contributed by atoms with van der Waals surface area (Å²) in [7, 11) is 0. The van der Waals surface area contributed by atoms with Gasteiger partial charge < -0.3 is 4.74 Å². The number of rotatable bonds is 3. The molecule has 0 N–H and O–H groups in total. The number of esters is 1. The van der Waals surface area contributed by atoms with E-state index in [1.54, 1.807) is 31.2 Å². The summed E-state index contributed by atoms with van der Waals surface area (Å²) in [5, 5.41) is 4.95. The maximum Gasteiger partial charge on any atom is 0.354 e. The van der Waals surface area contributed by atoms with Crippen LogP contribution >= 0.6 is 0 Å². The van der Waals surface area contributed by atoms with E-state index in [-0.39, 0.29) is 25.2 Å². The molecule has 0 saturated carbocycles. The molecule has 136 valence electrons. The second kappa shape index (κ2) is 6.36. The summed E-state index contributed by atoms with van der Waals surface area (Å²) < 4.78 is 4.93. The Morgan fingerprint density at radius 1 is 1.19 bits per heavy atom. The highest BCUT2D eigenvalue weighted by Crippen LogP contribution is 2.40. The lowest BCUT2D eigenvalue weighted by molar-refractivity contribution is -0.141. The van der Waals surface area contributed by atoms with E-state index in [1.807, 2.05) is 6.92 Å². The molecule has 3 amide bonds. The van der Waals surface area contributed by atoms with Crippen molar-refractivity contribution in [2.45, 2.75) is 39.2 Å². The molecule has 1 saturated heterocycles. The van der Waals surface area contributed by atoms with Gasteiger partial charge in [0.25, 0.3) is 5.91 Å². The van der Waals surface area contributed by atoms with E-state index in [1.165, 1.54) is 6.92 Å². The van der Waals surface area contributed by atoms with Crippen molar-refractivity contribution >= 4 is 35.1 Å². The Labute approximate surface area is 150 Å². The van der Waals surface area contributed by atoms with Crippen LogP contribution in [0, 0.1) is 6.92 Å². The lowest BCUT2D eigenvalue weighted by Gasteiger charge is -2.28. The minimum Gasteiger partial charge on any atom is -0.461 e. The summed E-state index contributed by atoms with van der Waals surface area (Å²) in [6, 6.07) is 6.92. The summed E-state index contributed by atoms with van der Waals surface area (Å²) in [5.74, 6) is -2.21. The number of aryl methyl sites for hydroxylation is 1. The van der Waals surface area contributed by atoms with E-state index in [9.17, 15) is 19.2 Å². The highest BCUT2D eigenvalue weighted by atomic mass is 16.5. The van der Waals surface area contributed by atoms with Gasteiger partial charge in [-0.05, 0) is 26.0 Å². The first-order valence-corrected chi connectivity index (χ1v) is 8.29. The zero-order chi connectivity index (χ0) is 19.1. The Balaban J connectivity index is 1.98. The quantitative estimate of drug-likeness (QED) is 0.598. The van der Waals surface area contributed by atoms with Crippen molar-refractivity contribution in [3.8, 4) is 0 Å². The maximum absolute atomic E-state index is 13.2. The monoisotopic (exact) mass is 357 g/mol. The first-order valence-electron chi connectivity index (χ1n) is 8.29. The van der Waals surface area contributed by atoms with Gasteiger partial charge in [0.1, 0.15) is 5.71 Å². The van der Waals surface area contributed by atoms with Crippen molar-refractivity contribution in [1.82, 2.24) is 5.01 Å². The molecule has 1 aromatic carbocycles. The van der Waals surface area contributed by atoms with Crippen LogP contribution in [0.5, 0.6) is 0 Å². The number of carbonyl (C=O) groups is 4. The molecule has 2 aliphatic rings. The van der Waals surface area contributed by atoms with Gasteiger partial charge >= 0.3 is 5.97 Å². The largest absolute Gasteiger partial charge is 0.461 e. The fourth-order valence-corrected chi connectivity index (χ4v) is 3.29. The van der Waals surface area contributed by atoms with Gasteiger partial charge in [0.05, 0.1) is 18.7 Å². The second-order valence-electron chi connectivity index (χ2n) is 6.35. The number of hydrogen-bond donors (Lipinski definition) is 0. The van der Waals surface area contributed by atoms with Crippen molar-refractivity contribution in [2.75, 3.05) is 11.5 Å². The Morgan fingerprint density at radius 2 is 1.85 bits per heavy atom. The lowest BCUT2D eigenvalue weighted by Crippen LogP contribution is -2.51. The molecule has 2 aliphatic heterocycles. The molecule has 3 rings (SSSR count). The molecule has 1 spiro atoms. The molecule has 8 nitrogen and oxygen atoms in total. The van der Waals surface area contributed by atoms with Crippen molar-refractivity contribution in [3.63, 3.8) is 0 Å². The minimum atomic E-state index is -1.50. The van der Waals surface area contributed by atoms with E-state index in [4.69, 9.17) is 4.74 Å². The minimum absolute atomic E-state index is 0.0334. The van der Waals surface area contributed by atoms with E-state index >= 15 is 0 Å². The van der Waals surface area contributed by atoms with Crippen molar-refractivity contribution < 1.29 is 23.9 Å². The van der Waals surface area contributed by atoms with Gasteiger partial charge in [-0.15, -0.1) is 0 Å². The van der Waals surface area contributed by atoms with Crippen LogP contribution in [0.2, 0.25) is 0 Å². The van der Waals surface area contributed by atoms with Crippen molar-refractivity contribution in [1.29, 1.82) is 0 Å². The highest BCUT2D eigenvalue weighted by Gasteiger charge is 2.61. The van der Waals surface area contributed by atoms with Gasteiger partial charge in [-0.3, -0.25) is 14.4 Å². The highest BCUT2D eigenvalue weighted by molar-refractivity contribution is 6.39. The molecule has 0 aliphatic carbocycles. The summed E-state index contributed by atoms with van der Waals surface area (Å²) >= 11 is 0. The Hall–Kier alpha value is -3.03. The summed E-state index contributed by atoms with van der Waals surface area (Å²) in [5.41, 5.74) is -0.123. The molecular weight excluding hydrogens is 338 g/mol.